The standard InChI is InChI=1S/C15H16N6O/c1-8-11-5-10(7-16-14(11)21(2)20-8)17-15(22)13-6-12(18-19-13)9-3-4-9/h5-7,9H,3-4H2,1-2H3,(H,17,22)(H,18,19). The number of pyridine rings is 1. The second kappa shape index (κ2) is 4.66. The van der Waals surface area contributed by atoms with E-state index < -0.39 is 0 Å². The maximum atomic E-state index is 12.3. The van der Waals surface area contributed by atoms with E-state index in [4.69, 9.17) is 0 Å². The van der Waals surface area contributed by atoms with Crippen LogP contribution >= 0.6 is 0 Å². The van der Waals surface area contributed by atoms with E-state index in [0.717, 1.165) is 22.4 Å². The highest BCUT2D eigenvalue weighted by Crippen LogP contribution is 2.39. The largest absolute Gasteiger partial charge is 0.319 e. The molecule has 0 bridgehead atoms. The van der Waals surface area contributed by atoms with Crippen molar-refractivity contribution < 1.29 is 4.79 Å². The molecule has 1 saturated carbocycles. The zero-order valence-corrected chi connectivity index (χ0v) is 12.4. The number of carbonyl (C=O) groups is 1. The SMILES string of the molecule is Cc1nn(C)c2ncc(NC(=O)c3cc(C4CC4)[nH]n3)cc12. The van der Waals surface area contributed by atoms with E-state index in [9.17, 15) is 4.79 Å². The molecular weight excluding hydrogens is 280 g/mol. The summed E-state index contributed by atoms with van der Waals surface area (Å²) in [5.74, 6) is 0.316. The van der Waals surface area contributed by atoms with Crippen molar-refractivity contribution in [3.8, 4) is 0 Å². The number of aryl methyl sites for hydroxylation is 2. The van der Waals surface area contributed by atoms with Gasteiger partial charge in [0.1, 0.15) is 0 Å². The van der Waals surface area contributed by atoms with Gasteiger partial charge in [-0.05, 0) is 31.9 Å². The van der Waals surface area contributed by atoms with Gasteiger partial charge < -0.3 is 5.32 Å². The highest BCUT2D eigenvalue weighted by molar-refractivity contribution is 6.03. The molecule has 3 aromatic rings. The zero-order valence-electron chi connectivity index (χ0n) is 12.4. The first-order chi connectivity index (χ1) is 10.6. The Balaban J connectivity index is 1.59. The Morgan fingerprint density at radius 3 is 3.00 bits per heavy atom. The van der Waals surface area contributed by atoms with Gasteiger partial charge in [-0.1, -0.05) is 0 Å². The molecule has 7 heteroatoms. The van der Waals surface area contributed by atoms with Crippen LogP contribution in [0.3, 0.4) is 0 Å². The molecule has 1 amide bonds. The number of H-pyrrole nitrogens is 1. The summed E-state index contributed by atoms with van der Waals surface area (Å²) in [4.78, 5) is 16.6. The number of anilines is 1. The summed E-state index contributed by atoms with van der Waals surface area (Å²) in [7, 11) is 1.85. The first-order valence-corrected chi connectivity index (χ1v) is 7.28. The van der Waals surface area contributed by atoms with Crippen molar-refractivity contribution in [1.82, 2.24) is 25.0 Å². The average molecular weight is 296 g/mol. The molecule has 0 radical (unpaired) electrons. The molecule has 0 spiro atoms. The Bertz CT molecular complexity index is 873. The second-order valence-electron chi connectivity index (χ2n) is 5.74. The van der Waals surface area contributed by atoms with Crippen LogP contribution in [-0.2, 0) is 7.05 Å². The van der Waals surface area contributed by atoms with E-state index in [1.165, 1.54) is 12.8 Å². The summed E-state index contributed by atoms with van der Waals surface area (Å²) in [6.45, 7) is 1.92. The summed E-state index contributed by atoms with van der Waals surface area (Å²) >= 11 is 0. The summed E-state index contributed by atoms with van der Waals surface area (Å²) in [6, 6.07) is 3.71. The molecule has 0 saturated heterocycles. The highest BCUT2D eigenvalue weighted by Gasteiger charge is 2.26. The second-order valence-corrected chi connectivity index (χ2v) is 5.74. The van der Waals surface area contributed by atoms with Crippen molar-refractivity contribution in [2.24, 2.45) is 7.05 Å². The van der Waals surface area contributed by atoms with Crippen LogP contribution in [0.2, 0.25) is 0 Å². The van der Waals surface area contributed by atoms with E-state index in [2.05, 4.69) is 25.6 Å². The fourth-order valence-corrected chi connectivity index (χ4v) is 2.63. The Hall–Kier alpha value is -2.70. The van der Waals surface area contributed by atoms with E-state index in [-0.39, 0.29) is 5.91 Å². The molecule has 2 N–H and O–H groups in total. The van der Waals surface area contributed by atoms with Gasteiger partial charge in [0, 0.05) is 24.0 Å². The first-order valence-electron chi connectivity index (χ1n) is 7.28. The lowest BCUT2D eigenvalue weighted by Gasteiger charge is -2.03. The lowest BCUT2D eigenvalue weighted by atomic mass is 10.2. The third-order valence-electron chi connectivity index (χ3n) is 3.97. The molecule has 7 nitrogen and oxygen atoms in total. The predicted octanol–water partition coefficient (Wildman–Crippen LogP) is 2.13. The van der Waals surface area contributed by atoms with Gasteiger partial charge in [0.25, 0.3) is 5.91 Å². The molecule has 0 unspecified atom stereocenters. The van der Waals surface area contributed by atoms with Crippen molar-refractivity contribution in [2.45, 2.75) is 25.7 Å². The topological polar surface area (TPSA) is 88.5 Å². The molecule has 0 aromatic carbocycles. The number of nitrogens with one attached hydrogen (secondary N) is 2. The normalized spacial score (nSPS) is 14.5. The summed E-state index contributed by atoms with van der Waals surface area (Å²) < 4.78 is 1.73. The van der Waals surface area contributed by atoms with Crippen molar-refractivity contribution >= 4 is 22.6 Å². The monoisotopic (exact) mass is 296 g/mol. The predicted molar refractivity (Wildman–Crippen MR) is 81.8 cm³/mol. The van der Waals surface area contributed by atoms with Crippen LogP contribution in [0.15, 0.2) is 18.3 Å². The number of rotatable bonds is 3. The van der Waals surface area contributed by atoms with Gasteiger partial charge in [0.2, 0.25) is 0 Å². The number of nitrogens with zero attached hydrogens (tertiary/aromatic N) is 4. The molecule has 22 heavy (non-hydrogen) atoms. The summed E-state index contributed by atoms with van der Waals surface area (Å²) in [6.07, 6.45) is 3.98. The maximum Gasteiger partial charge on any atom is 0.276 e. The van der Waals surface area contributed by atoms with Crippen molar-refractivity contribution in [2.75, 3.05) is 5.32 Å². The Morgan fingerprint density at radius 2 is 2.23 bits per heavy atom. The molecule has 0 aliphatic heterocycles. The summed E-state index contributed by atoms with van der Waals surface area (Å²) in [5, 5.41) is 15.1. The number of hydrogen-bond acceptors (Lipinski definition) is 4. The van der Waals surface area contributed by atoms with Crippen molar-refractivity contribution in [1.29, 1.82) is 0 Å². The fourth-order valence-electron chi connectivity index (χ4n) is 2.63. The fraction of sp³-hybridized carbons (Fsp3) is 0.333. The van der Waals surface area contributed by atoms with Gasteiger partial charge >= 0.3 is 0 Å². The third kappa shape index (κ3) is 2.14. The molecule has 1 fully saturated rings. The number of aromatic nitrogens is 5. The maximum absolute atomic E-state index is 12.3. The number of fused-ring (bicyclic) bond motifs is 1. The zero-order chi connectivity index (χ0) is 15.3. The van der Waals surface area contributed by atoms with Gasteiger partial charge in [-0.3, -0.25) is 14.6 Å². The van der Waals surface area contributed by atoms with Gasteiger partial charge in [0.15, 0.2) is 11.3 Å². The molecule has 3 heterocycles. The smallest absolute Gasteiger partial charge is 0.276 e. The lowest BCUT2D eigenvalue weighted by molar-refractivity contribution is 0.102. The Morgan fingerprint density at radius 1 is 1.41 bits per heavy atom. The van der Waals surface area contributed by atoms with Crippen LogP contribution in [0.5, 0.6) is 0 Å². The van der Waals surface area contributed by atoms with Gasteiger partial charge in [-0.15, -0.1) is 0 Å². The van der Waals surface area contributed by atoms with Crippen molar-refractivity contribution in [3.63, 3.8) is 0 Å². The van der Waals surface area contributed by atoms with E-state index >= 15 is 0 Å². The minimum atomic E-state index is -0.231. The van der Waals surface area contributed by atoms with Crippen LogP contribution in [0.1, 0.15) is 40.6 Å². The van der Waals surface area contributed by atoms with Gasteiger partial charge in [-0.2, -0.15) is 10.2 Å². The van der Waals surface area contributed by atoms with E-state index in [1.807, 2.05) is 26.1 Å². The molecule has 3 aromatic heterocycles. The van der Waals surface area contributed by atoms with Crippen LogP contribution in [-0.4, -0.2) is 30.9 Å². The molecule has 112 valence electrons. The number of amides is 1. The molecular formula is C15H16N6O. The van der Waals surface area contributed by atoms with E-state index in [1.54, 1.807) is 10.9 Å². The van der Waals surface area contributed by atoms with Crippen LogP contribution in [0.25, 0.3) is 11.0 Å². The summed E-state index contributed by atoms with van der Waals surface area (Å²) in [5.41, 5.74) is 3.78. The molecule has 1 aliphatic carbocycles. The van der Waals surface area contributed by atoms with E-state index in [0.29, 0.717) is 17.3 Å². The minimum absolute atomic E-state index is 0.231. The third-order valence-corrected chi connectivity index (χ3v) is 3.97. The number of aromatic amines is 1. The Kier molecular flexibility index (Phi) is 2.75. The average Bonchev–Trinajstić information content (AvgIpc) is 3.16. The first kappa shape index (κ1) is 13.0. The quantitative estimate of drug-likeness (QED) is 0.775. The van der Waals surface area contributed by atoms with Gasteiger partial charge in [0.05, 0.1) is 17.6 Å². The van der Waals surface area contributed by atoms with Crippen LogP contribution in [0, 0.1) is 6.92 Å². The highest BCUT2D eigenvalue weighted by atomic mass is 16.1. The molecule has 0 atom stereocenters. The molecule has 1 aliphatic rings. The lowest BCUT2D eigenvalue weighted by Crippen LogP contribution is -2.12. The number of carbonyl (C=O) groups excluding carboxylic acids is 1. The number of hydrogen-bond donors (Lipinski definition) is 2. The van der Waals surface area contributed by atoms with Gasteiger partial charge in [-0.25, -0.2) is 4.98 Å². The van der Waals surface area contributed by atoms with Crippen LogP contribution in [0.4, 0.5) is 5.69 Å². The molecule has 4 rings (SSSR count). The van der Waals surface area contributed by atoms with Crippen LogP contribution < -0.4 is 5.32 Å². The minimum Gasteiger partial charge on any atom is -0.319 e. The Labute approximate surface area is 126 Å². The van der Waals surface area contributed by atoms with Crippen molar-refractivity contribution in [3.05, 3.63) is 35.4 Å².